The van der Waals surface area contributed by atoms with Gasteiger partial charge in [-0.15, -0.1) is 0 Å². The van der Waals surface area contributed by atoms with Crippen LogP contribution in [0.4, 0.5) is 0 Å². The molecule has 2 rings (SSSR count). The lowest BCUT2D eigenvalue weighted by molar-refractivity contribution is 0.0542. The maximum atomic E-state index is 11.4. The molecular formula is C12H14O3. The second kappa shape index (κ2) is 4.03. The monoisotopic (exact) mass is 206 g/mol. The van der Waals surface area contributed by atoms with E-state index in [1.165, 1.54) is 6.07 Å². The highest BCUT2D eigenvalue weighted by atomic mass is 16.5. The Hall–Kier alpha value is -1.35. The average Bonchev–Trinajstić information content (AvgIpc) is 2.56. The van der Waals surface area contributed by atoms with Crippen molar-refractivity contribution in [1.29, 1.82) is 0 Å². The Kier molecular flexibility index (Phi) is 2.73. The summed E-state index contributed by atoms with van der Waals surface area (Å²) in [4.78, 5) is 11.4. The maximum Gasteiger partial charge on any atom is 0.220 e. The van der Waals surface area contributed by atoms with Crippen molar-refractivity contribution in [3.8, 4) is 5.75 Å². The molecule has 1 fully saturated rings. The second-order valence-corrected chi connectivity index (χ2v) is 3.90. The van der Waals surface area contributed by atoms with Gasteiger partial charge in [0.25, 0.3) is 0 Å². The molecule has 0 saturated carbocycles. The molecule has 0 aliphatic carbocycles. The summed E-state index contributed by atoms with van der Waals surface area (Å²) in [5.41, 5.74) is 0.257. The first kappa shape index (κ1) is 10.2. The molecule has 1 heterocycles. The van der Waals surface area contributed by atoms with E-state index in [2.05, 4.69) is 0 Å². The molecule has 0 radical (unpaired) electrons. The predicted octanol–water partition coefficient (Wildman–Crippen LogP) is 1.99. The van der Waals surface area contributed by atoms with Gasteiger partial charge in [-0.25, -0.2) is 0 Å². The van der Waals surface area contributed by atoms with Crippen LogP contribution in [0.25, 0.3) is 0 Å². The first-order valence-corrected chi connectivity index (χ1v) is 5.16. The molecule has 1 aliphatic rings. The van der Waals surface area contributed by atoms with Gasteiger partial charge in [0.05, 0.1) is 12.2 Å². The van der Waals surface area contributed by atoms with Crippen LogP contribution in [-0.4, -0.2) is 11.2 Å². The van der Waals surface area contributed by atoms with Gasteiger partial charge in [-0.3, -0.25) is 4.79 Å². The van der Waals surface area contributed by atoms with Crippen molar-refractivity contribution in [2.24, 2.45) is 0 Å². The van der Waals surface area contributed by atoms with Crippen LogP contribution in [0.15, 0.2) is 29.1 Å². The molecule has 1 aromatic carbocycles. The summed E-state index contributed by atoms with van der Waals surface area (Å²) in [7, 11) is 0. The van der Waals surface area contributed by atoms with Crippen LogP contribution < -0.4 is 5.43 Å². The van der Waals surface area contributed by atoms with Gasteiger partial charge in [-0.05, 0) is 25.8 Å². The maximum absolute atomic E-state index is 11.4. The van der Waals surface area contributed by atoms with E-state index in [1.807, 2.05) is 6.92 Å². The SMILES string of the molecule is C[C@@H]1CC[C@@H](c2ccccc(=O)c2O)O1. The Morgan fingerprint density at radius 1 is 1.33 bits per heavy atom. The van der Waals surface area contributed by atoms with Crippen molar-refractivity contribution in [1.82, 2.24) is 0 Å². The second-order valence-electron chi connectivity index (χ2n) is 3.90. The highest BCUT2D eigenvalue weighted by Crippen LogP contribution is 2.34. The lowest BCUT2D eigenvalue weighted by atomic mass is 10.1. The Labute approximate surface area is 88.3 Å². The first-order chi connectivity index (χ1) is 7.18. The van der Waals surface area contributed by atoms with Crippen LogP contribution in [0.1, 0.15) is 31.4 Å². The normalized spacial score (nSPS) is 25.4. The average molecular weight is 206 g/mol. The molecule has 3 nitrogen and oxygen atoms in total. The van der Waals surface area contributed by atoms with Gasteiger partial charge in [0.15, 0.2) is 5.75 Å². The van der Waals surface area contributed by atoms with E-state index in [0.29, 0.717) is 5.56 Å². The topological polar surface area (TPSA) is 46.5 Å². The molecule has 1 aromatic rings. The van der Waals surface area contributed by atoms with Crippen molar-refractivity contribution >= 4 is 0 Å². The summed E-state index contributed by atoms with van der Waals surface area (Å²) in [6.07, 6.45) is 1.89. The van der Waals surface area contributed by atoms with Crippen LogP contribution in [0.3, 0.4) is 0 Å². The fraction of sp³-hybridized carbons (Fsp3) is 0.417. The minimum absolute atomic E-state index is 0.139. The van der Waals surface area contributed by atoms with Gasteiger partial charge in [0, 0.05) is 5.56 Å². The van der Waals surface area contributed by atoms with Crippen molar-refractivity contribution < 1.29 is 9.84 Å². The van der Waals surface area contributed by atoms with E-state index in [9.17, 15) is 9.90 Å². The lowest BCUT2D eigenvalue weighted by Crippen LogP contribution is -2.04. The third-order valence-corrected chi connectivity index (χ3v) is 2.72. The quantitative estimate of drug-likeness (QED) is 0.764. The zero-order valence-corrected chi connectivity index (χ0v) is 8.64. The van der Waals surface area contributed by atoms with Crippen molar-refractivity contribution in [2.75, 3.05) is 0 Å². The molecule has 0 spiro atoms. The number of rotatable bonds is 1. The molecule has 0 unspecified atom stereocenters. The summed E-state index contributed by atoms with van der Waals surface area (Å²) in [5, 5.41) is 9.71. The Morgan fingerprint density at radius 3 is 2.73 bits per heavy atom. The van der Waals surface area contributed by atoms with Gasteiger partial charge < -0.3 is 9.84 Å². The van der Waals surface area contributed by atoms with E-state index in [-0.39, 0.29) is 23.4 Å². The highest BCUT2D eigenvalue weighted by Gasteiger charge is 2.25. The molecule has 0 bridgehead atoms. The van der Waals surface area contributed by atoms with Crippen LogP contribution >= 0.6 is 0 Å². The summed E-state index contributed by atoms with van der Waals surface area (Å²) in [6.45, 7) is 2.00. The minimum atomic E-state index is -0.349. The molecule has 1 aliphatic heterocycles. The molecule has 1 saturated heterocycles. The summed E-state index contributed by atoms with van der Waals surface area (Å²) in [6, 6.07) is 6.49. The number of hydrogen-bond donors (Lipinski definition) is 1. The summed E-state index contributed by atoms with van der Waals surface area (Å²) in [5.74, 6) is -0.181. The fourth-order valence-electron chi connectivity index (χ4n) is 1.89. The Morgan fingerprint density at radius 2 is 2.07 bits per heavy atom. The molecule has 2 atom stereocenters. The van der Waals surface area contributed by atoms with E-state index in [4.69, 9.17) is 4.74 Å². The van der Waals surface area contributed by atoms with E-state index >= 15 is 0 Å². The molecule has 0 aromatic heterocycles. The number of hydrogen-bond acceptors (Lipinski definition) is 3. The standard InChI is InChI=1S/C12H14O3/c1-8-6-7-11(15-8)9-4-2-3-5-10(13)12(9)14/h2-5,8,11H,6-7H2,1H3,(H,13,14)/t8-,11+/m1/s1. The third kappa shape index (κ3) is 2.02. The zero-order valence-electron chi connectivity index (χ0n) is 8.64. The highest BCUT2D eigenvalue weighted by molar-refractivity contribution is 5.33. The number of aromatic hydroxyl groups is 1. The molecule has 15 heavy (non-hydrogen) atoms. The van der Waals surface area contributed by atoms with Crippen LogP contribution in [0.2, 0.25) is 0 Å². The van der Waals surface area contributed by atoms with Gasteiger partial charge in [0.1, 0.15) is 0 Å². The smallest absolute Gasteiger partial charge is 0.220 e. The van der Waals surface area contributed by atoms with E-state index in [0.717, 1.165) is 12.8 Å². The largest absolute Gasteiger partial charge is 0.504 e. The molecular weight excluding hydrogens is 192 g/mol. The summed E-state index contributed by atoms with van der Waals surface area (Å²) >= 11 is 0. The summed E-state index contributed by atoms with van der Waals surface area (Å²) < 4.78 is 5.63. The molecule has 1 N–H and O–H groups in total. The first-order valence-electron chi connectivity index (χ1n) is 5.16. The van der Waals surface area contributed by atoms with Crippen LogP contribution in [0, 0.1) is 0 Å². The van der Waals surface area contributed by atoms with Crippen LogP contribution in [0.5, 0.6) is 5.75 Å². The fourth-order valence-corrected chi connectivity index (χ4v) is 1.89. The predicted molar refractivity (Wildman–Crippen MR) is 56.9 cm³/mol. The van der Waals surface area contributed by atoms with E-state index < -0.39 is 0 Å². The zero-order chi connectivity index (χ0) is 10.8. The van der Waals surface area contributed by atoms with Crippen LogP contribution in [-0.2, 0) is 4.74 Å². The van der Waals surface area contributed by atoms with Gasteiger partial charge in [-0.2, -0.15) is 0 Å². The van der Waals surface area contributed by atoms with Crippen molar-refractivity contribution in [3.63, 3.8) is 0 Å². The van der Waals surface area contributed by atoms with Gasteiger partial charge >= 0.3 is 0 Å². The van der Waals surface area contributed by atoms with Crippen molar-refractivity contribution in [2.45, 2.75) is 32.0 Å². The minimum Gasteiger partial charge on any atom is -0.504 e. The lowest BCUT2D eigenvalue weighted by Gasteiger charge is -2.10. The van der Waals surface area contributed by atoms with Gasteiger partial charge in [0.2, 0.25) is 5.43 Å². The van der Waals surface area contributed by atoms with Crippen molar-refractivity contribution in [3.05, 3.63) is 40.1 Å². The molecule has 80 valence electrons. The Bertz CT molecular complexity index is 414. The van der Waals surface area contributed by atoms with E-state index in [1.54, 1.807) is 18.2 Å². The Balaban J connectivity index is 2.41. The number of ether oxygens (including phenoxy) is 1. The third-order valence-electron chi connectivity index (χ3n) is 2.72. The molecule has 0 amide bonds. The molecule has 3 heteroatoms. The van der Waals surface area contributed by atoms with Gasteiger partial charge in [-0.1, -0.05) is 18.2 Å².